The third kappa shape index (κ3) is 7.24. The number of nitrogens with one attached hydrogen (secondary N) is 2. The van der Waals surface area contributed by atoms with Crippen molar-refractivity contribution in [3.63, 3.8) is 0 Å². The van der Waals surface area contributed by atoms with E-state index in [-0.39, 0.29) is 35.7 Å². The largest absolute Gasteiger partial charge is 0.496 e. The Kier molecular flexibility index (Phi) is 10.2. The Morgan fingerprint density at radius 1 is 1.11 bits per heavy atom. The molecule has 2 N–H and O–H groups in total. The van der Waals surface area contributed by atoms with Crippen LogP contribution in [0.4, 0.5) is 0 Å². The van der Waals surface area contributed by atoms with E-state index in [2.05, 4.69) is 10.6 Å². The van der Waals surface area contributed by atoms with E-state index in [1.807, 2.05) is 37.4 Å². The van der Waals surface area contributed by atoms with E-state index in [0.29, 0.717) is 31.6 Å². The van der Waals surface area contributed by atoms with Crippen molar-refractivity contribution in [3.8, 4) is 5.75 Å². The second-order valence-electron chi connectivity index (χ2n) is 8.86. The molecule has 1 fully saturated rings. The molecule has 0 bridgehead atoms. The molecule has 0 saturated carbocycles. The highest BCUT2D eigenvalue weighted by Gasteiger charge is 2.33. The third-order valence-corrected chi connectivity index (χ3v) is 8.93. The summed E-state index contributed by atoms with van der Waals surface area (Å²) in [6.45, 7) is 2.74. The van der Waals surface area contributed by atoms with Crippen molar-refractivity contribution in [3.05, 3.63) is 59.7 Å². The Hall–Kier alpha value is -2.56. The highest BCUT2D eigenvalue weighted by atomic mass is 32.2. The number of thioether (sulfide) groups is 1. The Labute approximate surface area is 218 Å². The zero-order valence-corrected chi connectivity index (χ0v) is 22.7. The van der Waals surface area contributed by atoms with E-state index >= 15 is 0 Å². The van der Waals surface area contributed by atoms with E-state index in [1.165, 1.54) is 4.31 Å². The lowest BCUT2D eigenvalue weighted by Crippen LogP contribution is -2.50. The van der Waals surface area contributed by atoms with Gasteiger partial charge in [0.1, 0.15) is 11.8 Å². The Balaban J connectivity index is 1.57. The maximum absolute atomic E-state index is 13.0. The number of carbonyl (C=O) groups excluding carboxylic acids is 2. The number of carbonyl (C=O) groups is 2. The van der Waals surface area contributed by atoms with Crippen LogP contribution in [-0.2, 0) is 26.2 Å². The molecule has 2 aromatic rings. The van der Waals surface area contributed by atoms with Crippen molar-refractivity contribution >= 4 is 33.6 Å². The van der Waals surface area contributed by atoms with Gasteiger partial charge in [0.25, 0.3) is 0 Å². The topological polar surface area (TPSA) is 105 Å². The Morgan fingerprint density at radius 3 is 2.42 bits per heavy atom. The van der Waals surface area contributed by atoms with Crippen molar-refractivity contribution in [2.45, 2.75) is 43.7 Å². The van der Waals surface area contributed by atoms with Crippen molar-refractivity contribution in [1.82, 2.24) is 14.9 Å². The van der Waals surface area contributed by atoms with E-state index in [0.717, 1.165) is 16.9 Å². The molecule has 10 heteroatoms. The molecule has 2 aromatic carbocycles. The van der Waals surface area contributed by atoms with Crippen LogP contribution < -0.4 is 15.4 Å². The molecule has 1 aliphatic heterocycles. The zero-order chi connectivity index (χ0) is 26.1. The van der Waals surface area contributed by atoms with Crippen LogP contribution in [0, 0.1) is 12.8 Å². The van der Waals surface area contributed by atoms with Crippen molar-refractivity contribution < 1.29 is 22.7 Å². The summed E-state index contributed by atoms with van der Waals surface area (Å²) in [6, 6.07) is 13.6. The number of benzene rings is 2. The minimum atomic E-state index is -3.59. The fourth-order valence-electron chi connectivity index (χ4n) is 4.17. The Morgan fingerprint density at radius 2 is 1.78 bits per heavy atom. The first-order chi connectivity index (χ1) is 17.3. The third-order valence-electron chi connectivity index (χ3n) is 6.37. The molecule has 1 heterocycles. The number of nitrogens with zero attached hydrogens (tertiary/aromatic N) is 1. The number of aryl methyl sites for hydroxylation is 1. The number of sulfonamides is 1. The van der Waals surface area contributed by atoms with Gasteiger partial charge in [-0.3, -0.25) is 9.59 Å². The predicted octanol–water partition coefficient (Wildman–Crippen LogP) is 2.96. The van der Waals surface area contributed by atoms with Crippen molar-refractivity contribution in [1.29, 1.82) is 0 Å². The van der Waals surface area contributed by atoms with Gasteiger partial charge in [0.05, 0.1) is 12.0 Å². The predicted molar refractivity (Wildman–Crippen MR) is 142 cm³/mol. The molecule has 3 rings (SSSR count). The van der Waals surface area contributed by atoms with Crippen LogP contribution >= 0.6 is 11.8 Å². The number of rotatable bonds is 11. The average molecular weight is 534 g/mol. The van der Waals surface area contributed by atoms with Crippen LogP contribution in [0.5, 0.6) is 5.75 Å². The number of methoxy groups -OCH3 is 1. The van der Waals surface area contributed by atoms with E-state index in [9.17, 15) is 18.0 Å². The van der Waals surface area contributed by atoms with Gasteiger partial charge >= 0.3 is 0 Å². The molecular formula is C26H35N3O5S2. The van der Waals surface area contributed by atoms with E-state index in [1.54, 1.807) is 43.1 Å². The van der Waals surface area contributed by atoms with Gasteiger partial charge in [-0.25, -0.2) is 8.42 Å². The lowest BCUT2D eigenvalue weighted by Gasteiger charge is -2.31. The summed E-state index contributed by atoms with van der Waals surface area (Å²) < 4.78 is 32.7. The van der Waals surface area contributed by atoms with Gasteiger partial charge in [0.2, 0.25) is 21.8 Å². The molecule has 1 saturated heterocycles. The first-order valence-corrected chi connectivity index (χ1v) is 14.9. The summed E-state index contributed by atoms with van der Waals surface area (Å²) in [6.07, 6.45) is 3.28. The summed E-state index contributed by atoms with van der Waals surface area (Å²) in [5.74, 6) is 0.618. The average Bonchev–Trinajstić information content (AvgIpc) is 2.90. The summed E-state index contributed by atoms with van der Waals surface area (Å²) in [4.78, 5) is 26.2. The first kappa shape index (κ1) is 28.0. The van der Waals surface area contributed by atoms with Gasteiger partial charge in [-0.1, -0.05) is 35.9 Å². The van der Waals surface area contributed by atoms with Gasteiger partial charge in [-0.15, -0.1) is 0 Å². The monoisotopic (exact) mass is 533 g/mol. The fraction of sp³-hybridized carbons (Fsp3) is 0.462. The standard InChI is InChI=1S/C26H35N3O5S2/c1-19-8-10-22(11-9-19)36(32,33)29-15-12-20(13-16-29)25(30)28-23(14-17-35-3)26(31)27-18-21-6-4-5-7-24(21)34-2/h4-11,20,23H,12-18H2,1-3H3,(H,27,31)(H,28,30). The van der Waals surface area contributed by atoms with E-state index < -0.39 is 16.1 Å². The number of ether oxygens (including phenoxy) is 1. The molecule has 0 radical (unpaired) electrons. The van der Waals surface area contributed by atoms with E-state index in [4.69, 9.17) is 4.74 Å². The summed E-state index contributed by atoms with van der Waals surface area (Å²) >= 11 is 1.61. The second kappa shape index (κ2) is 13.1. The number of hydrogen-bond donors (Lipinski definition) is 2. The number of para-hydroxylation sites is 1. The molecule has 1 aliphatic rings. The molecular weight excluding hydrogens is 498 g/mol. The molecule has 36 heavy (non-hydrogen) atoms. The second-order valence-corrected chi connectivity index (χ2v) is 11.8. The van der Waals surface area contributed by atoms with Crippen LogP contribution in [0.1, 0.15) is 30.4 Å². The van der Waals surface area contributed by atoms with Crippen LogP contribution in [0.2, 0.25) is 0 Å². The highest BCUT2D eigenvalue weighted by Crippen LogP contribution is 2.24. The number of hydrogen-bond acceptors (Lipinski definition) is 6. The Bertz CT molecular complexity index is 1130. The van der Waals surface area contributed by atoms with Gasteiger partial charge in [0, 0.05) is 31.1 Å². The van der Waals surface area contributed by atoms with Crippen molar-refractivity contribution in [2.75, 3.05) is 32.2 Å². The van der Waals surface area contributed by atoms with Gasteiger partial charge in [0.15, 0.2) is 0 Å². The molecule has 1 unspecified atom stereocenters. The quantitative estimate of drug-likeness (QED) is 0.460. The van der Waals surface area contributed by atoms with Gasteiger partial charge < -0.3 is 15.4 Å². The maximum atomic E-state index is 13.0. The molecule has 0 aromatic heterocycles. The van der Waals surface area contributed by atoms with Crippen LogP contribution in [0.3, 0.4) is 0 Å². The van der Waals surface area contributed by atoms with Crippen LogP contribution in [0.15, 0.2) is 53.4 Å². The molecule has 196 valence electrons. The summed E-state index contributed by atoms with van der Waals surface area (Å²) in [5.41, 5.74) is 1.85. The minimum Gasteiger partial charge on any atom is -0.496 e. The van der Waals surface area contributed by atoms with Crippen LogP contribution in [-0.4, -0.2) is 62.8 Å². The molecule has 8 nitrogen and oxygen atoms in total. The van der Waals surface area contributed by atoms with Crippen LogP contribution in [0.25, 0.3) is 0 Å². The number of piperidine rings is 1. The molecule has 2 amide bonds. The maximum Gasteiger partial charge on any atom is 0.243 e. The van der Waals surface area contributed by atoms with Crippen molar-refractivity contribution in [2.24, 2.45) is 5.92 Å². The molecule has 0 spiro atoms. The summed E-state index contributed by atoms with van der Waals surface area (Å²) in [5, 5.41) is 5.82. The minimum absolute atomic E-state index is 0.207. The van der Waals surface area contributed by atoms with Gasteiger partial charge in [-0.2, -0.15) is 16.1 Å². The zero-order valence-electron chi connectivity index (χ0n) is 21.0. The first-order valence-electron chi connectivity index (χ1n) is 12.0. The summed E-state index contributed by atoms with van der Waals surface area (Å²) in [7, 11) is -2.01. The molecule has 1 atom stereocenters. The highest BCUT2D eigenvalue weighted by molar-refractivity contribution is 7.98. The lowest BCUT2D eigenvalue weighted by molar-refractivity contribution is -0.132. The lowest BCUT2D eigenvalue weighted by atomic mass is 9.96. The molecule has 0 aliphatic carbocycles. The fourth-order valence-corrected chi connectivity index (χ4v) is 6.11. The normalized spacial score (nSPS) is 15.8. The SMILES string of the molecule is COc1ccccc1CNC(=O)C(CCSC)NC(=O)C1CCN(S(=O)(=O)c2ccc(C)cc2)CC1. The van der Waals surface area contributed by atoms with Gasteiger partial charge in [-0.05, 0) is 56.4 Å². The smallest absolute Gasteiger partial charge is 0.243 e. The number of amides is 2.